The van der Waals surface area contributed by atoms with Gasteiger partial charge in [-0.1, -0.05) is 11.6 Å². The summed E-state index contributed by atoms with van der Waals surface area (Å²) < 4.78 is 0.783. The number of nitrogens with one attached hydrogen (secondary N) is 1. The molecule has 1 aromatic rings. The minimum atomic E-state index is 0.143. The molecule has 1 atom stereocenters. The molecule has 0 radical (unpaired) electrons. The second kappa shape index (κ2) is 3.07. The van der Waals surface area contributed by atoms with Gasteiger partial charge in [0.15, 0.2) is 0 Å². The first-order valence-electron chi connectivity index (χ1n) is 3.80. The average molecular weight is 202 g/mol. The summed E-state index contributed by atoms with van der Waals surface area (Å²) in [5, 5.41) is 2.90. The zero-order valence-electron chi connectivity index (χ0n) is 6.34. The van der Waals surface area contributed by atoms with E-state index >= 15 is 0 Å². The first kappa shape index (κ1) is 8.08. The van der Waals surface area contributed by atoms with Crippen molar-refractivity contribution in [1.29, 1.82) is 0 Å². The van der Waals surface area contributed by atoms with Gasteiger partial charge in [0, 0.05) is 11.3 Å². The van der Waals surface area contributed by atoms with E-state index in [9.17, 15) is 4.79 Å². The van der Waals surface area contributed by atoms with Gasteiger partial charge in [0.25, 0.3) is 0 Å². The number of carbonyl (C=O) groups is 1. The van der Waals surface area contributed by atoms with Crippen molar-refractivity contribution in [3.05, 3.63) is 21.3 Å². The Balaban J connectivity index is 2.15. The summed E-state index contributed by atoms with van der Waals surface area (Å²) >= 11 is 7.32. The number of amides is 1. The third-order valence-corrected chi connectivity index (χ3v) is 3.28. The third-order valence-electron chi connectivity index (χ3n) is 1.93. The molecule has 0 spiro atoms. The van der Waals surface area contributed by atoms with Crippen molar-refractivity contribution in [1.82, 2.24) is 5.32 Å². The lowest BCUT2D eigenvalue weighted by atomic mass is 10.2. The van der Waals surface area contributed by atoms with Crippen LogP contribution in [0.25, 0.3) is 0 Å². The minimum absolute atomic E-state index is 0.143. The summed E-state index contributed by atoms with van der Waals surface area (Å²) in [6.45, 7) is 0. The van der Waals surface area contributed by atoms with Crippen molar-refractivity contribution in [3.8, 4) is 0 Å². The Labute approximate surface area is 79.5 Å². The van der Waals surface area contributed by atoms with Gasteiger partial charge in [-0.15, -0.1) is 11.3 Å². The fraction of sp³-hybridized carbons (Fsp3) is 0.375. The van der Waals surface area contributed by atoms with E-state index in [2.05, 4.69) is 5.32 Å². The summed E-state index contributed by atoms with van der Waals surface area (Å²) in [4.78, 5) is 12.1. The monoisotopic (exact) mass is 201 g/mol. The molecule has 1 saturated heterocycles. The Morgan fingerprint density at radius 2 is 2.42 bits per heavy atom. The molecule has 1 fully saturated rings. The molecule has 2 heterocycles. The number of hydrogen-bond acceptors (Lipinski definition) is 2. The van der Waals surface area contributed by atoms with E-state index in [1.165, 1.54) is 11.3 Å². The van der Waals surface area contributed by atoms with Gasteiger partial charge in [-0.2, -0.15) is 0 Å². The molecular formula is C8H8ClNOS. The minimum Gasteiger partial charge on any atom is -0.348 e. The molecule has 0 aromatic carbocycles. The third kappa shape index (κ3) is 1.47. The molecule has 1 N–H and O–H groups in total. The van der Waals surface area contributed by atoms with Crippen LogP contribution in [0.1, 0.15) is 23.8 Å². The summed E-state index contributed by atoms with van der Waals surface area (Å²) in [6.07, 6.45) is 1.54. The average Bonchev–Trinajstić information content (AvgIpc) is 2.58. The van der Waals surface area contributed by atoms with E-state index in [4.69, 9.17) is 11.6 Å². The van der Waals surface area contributed by atoms with Crippen LogP contribution in [0.5, 0.6) is 0 Å². The highest BCUT2D eigenvalue weighted by atomic mass is 35.5. The normalized spacial score (nSPS) is 22.8. The van der Waals surface area contributed by atoms with Crippen molar-refractivity contribution in [2.75, 3.05) is 0 Å². The SMILES string of the molecule is O=C1CCC(c2ccc(Cl)s2)N1. The maximum atomic E-state index is 10.9. The van der Waals surface area contributed by atoms with Crippen LogP contribution < -0.4 is 5.32 Å². The highest BCUT2D eigenvalue weighted by Gasteiger charge is 2.23. The second-order valence-corrected chi connectivity index (χ2v) is 4.55. The van der Waals surface area contributed by atoms with Gasteiger partial charge < -0.3 is 5.32 Å². The molecule has 1 aliphatic heterocycles. The summed E-state index contributed by atoms with van der Waals surface area (Å²) in [5.74, 6) is 0.143. The lowest BCUT2D eigenvalue weighted by molar-refractivity contribution is -0.119. The molecule has 1 unspecified atom stereocenters. The fourth-order valence-corrected chi connectivity index (χ4v) is 2.49. The van der Waals surface area contributed by atoms with E-state index in [-0.39, 0.29) is 11.9 Å². The Hall–Kier alpha value is -0.540. The van der Waals surface area contributed by atoms with E-state index < -0.39 is 0 Å². The highest BCUT2D eigenvalue weighted by Crippen LogP contribution is 2.31. The maximum Gasteiger partial charge on any atom is 0.220 e. The molecule has 1 aromatic heterocycles. The van der Waals surface area contributed by atoms with E-state index in [1.807, 2.05) is 12.1 Å². The smallest absolute Gasteiger partial charge is 0.220 e. The zero-order chi connectivity index (χ0) is 8.55. The van der Waals surface area contributed by atoms with Crippen LogP contribution in [-0.4, -0.2) is 5.91 Å². The predicted molar refractivity (Wildman–Crippen MR) is 49.4 cm³/mol. The first-order chi connectivity index (χ1) is 5.75. The Morgan fingerprint density at radius 1 is 1.58 bits per heavy atom. The summed E-state index contributed by atoms with van der Waals surface area (Å²) in [6, 6.07) is 4.05. The lowest BCUT2D eigenvalue weighted by Crippen LogP contribution is -2.17. The van der Waals surface area contributed by atoms with Gasteiger partial charge in [0.1, 0.15) is 0 Å². The predicted octanol–water partition coefficient (Wildman–Crippen LogP) is 2.35. The fourth-order valence-electron chi connectivity index (χ4n) is 1.34. The van der Waals surface area contributed by atoms with Crippen LogP contribution in [0.2, 0.25) is 4.34 Å². The van der Waals surface area contributed by atoms with Crippen LogP contribution in [0, 0.1) is 0 Å². The Bertz CT molecular complexity index is 310. The zero-order valence-corrected chi connectivity index (χ0v) is 7.91. The molecule has 0 saturated carbocycles. The quantitative estimate of drug-likeness (QED) is 0.743. The largest absolute Gasteiger partial charge is 0.348 e. The molecule has 1 amide bonds. The van der Waals surface area contributed by atoms with Crippen molar-refractivity contribution in [3.63, 3.8) is 0 Å². The van der Waals surface area contributed by atoms with Crippen LogP contribution in [0.3, 0.4) is 0 Å². The van der Waals surface area contributed by atoms with Crippen molar-refractivity contribution < 1.29 is 4.79 Å². The van der Waals surface area contributed by atoms with E-state index in [1.54, 1.807) is 0 Å². The topological polar surface area (TPSA) is 29.1 Å². The number of rotatable bonds is 1. The van der Waals surface area contributed by atoms with E-state index in [0.717, 1.165) is 15.6 Å². The van der Waals surface area contributed by atoms with E-state index in [0.29, 0.717) is 6.42 Å². The first-order valence-corrected chi connectivity index (χ1v) is 5.00. The van der Waals surface area contributed by atoms with Crippen LogP contribution >= 0.6 is 22.9 Å². The molecule has 12 heavy (non-hydrogen) atoms. The van der Waals surface area contributed by atoms with Crippen LogP contribution in [0.15, 0.2) is 12.1 Å². The maximum absolute atomic E-state index is 10.9. The number of thiophene rings is 1. The van der Waals surface area contributed by atoms with Gasteiger partial charge in [0.05, 0.1) is 10.4 Å². The molecule has 2 rings (SSSR count). The Morgan fingerprint density at radius 3 is 2.92 bits per heavy atom. The number of hydrogen-bond donors (Lipinski definition) is 1. The van der Waals surface area contributed by atoms with Crippen molar-refractivity contribution in [2.24, 2.45) is 0 Å². The standard InChI is InChI=1S/C8H8ClNOS/c9-7-3-2-6(12-7)5-1-4-8(11)10-5/h2-3,5H,1,4H2,(H,10,11). The Kier molecular flexibility index (Phi) is 2.07. The molecule has 64 valence electrons. The second-order valence-electron chi connectivity index (χ2n) is 2.80. The van der Waals surface area contributed by atoms with Crippen LogP contribution in [0.4, 0.5) is 0 Å². The highest BCUT2D eigenvalue weighted by molar-refractivity contribution is 7.16. The number of halogens is 1. The lowest BCUT2D eigenvalue weighted by Gasteiger charge is -2.05. The summed E-state index contributed by atoms with van der Waals surface area (Å²) in [5.41, 5.74) is 0. The van der Waals surface area contributed by atoms with Gasteiger partial charge in [-0.3, -0.25) is 4.79 Å². The van der Waals surface area contributed by atoms with Gasteiger partial charge in [-0.05, 0) is 18.6 Å². The molecule has 4 heteroatoms. The molecule has 1 aliphatic rings. The molecule has 2 nitrogen and oxygen atoms in total. The number of carbonyl (C=O) groups excluding carboxylic acids is 1. The van der Waals surface area contributed by atoms with Crippen molar-refractivity contribution in [2.45, 2.75) is 18.9 Å². The molecule has 0 aliphatic carbocycles. The van der Waals surface area contributed by atoms with Gasteiger partial charge >= 0.3 is 0 Å². The molecular weight excluding hydrogens is 194 g/mol. The van der Waals surface area contributed by atoms with Crippen molar-refractivity contribution >= 4 is 28.8 Å². The van der Waals surface area contributed by atoms with Gasteiger partial charge in [-0.25, -0.2) is 0 Å². The van der Waals surface area contributed by atoms with Gasteiger partial charge in [0.2, 0.25) is 5.91 Å². The molecule has 0 bridgehead atoms. The van der Waals surface area contributed by atoms with Crippen LogP contribution in [-0.2, 0) is 4.79 Å². The summed E-state index contributed by atoms with van der Waals surface area (Å²) in [7, 11) is 0.